The number of aryl methyl sites for hydroxylation is 2. The van der Waals surface area contributed by atoms with Crippen LogP contribution in [0.3, 0.4) is 0 Å². The van der Waals surface area contributed by atoms with Crippen molar-refractivity contribution in [3.05, 3.63) is 83.2 Å². The molecule has 236 valence electrons. The average Bonchev–Trinajstić information content (AvgIpc) is 2.98. The third kappa shape index (κ3) is 10.2. The summed E-state index contributed by atoms with van der Waals surface area (Å²) in [6, 6.07) is 15.6. The van der Waals surface area contributed by atoms with Crippen LogP contribution in [-0.2, 0) is 17.8 Å². The molecule has 0 amide bonds. The summed E-state index contributed by atoms with van der Waals surface area (Å²) in [5, 5.41) is 0. The van der Waals surface area contributed by atoms with E-state index in [0.717, 1.165) is 64.8 Å². The molecule has 2 N–H and O–H groups in total. The summed E-state index contributed by atoms with van der Waals surface area (Å²) in [7, 11) is 0. The van der Waals surface area contributed by atoms with Gasteiger partial charge in [0.15, 0.2) is 12.4 Å². The largest absolute Gasteiger partial charge is 0.487 e. The molecule has 0 saturated heterocycles. The molecule has 0 spiro atoms. The number of benzene rings is 2. The zero-order valence-corrected chi connectivity index (χ0v) is 27.6. The smallest absolute Gasteiger partial charge is 0.378 e. The molecule has 0 radical (unpaired) electrons. The second-order valence-corrected chi connectivity index (χ2v) is 13.4. The van der Waals surface area contributed by atoms with Crippen molar-refractivity contribution in [2.45, 2.75) is 111 Å². The van der Waals surface area contributed by atoms with Crippen molar-refractivity contribution < 1.29 is 18.8 Å². The molecule has 3 unspecified atom stereocenters. The molecule has 3 aromatic rings. The first-order chi connectivity index (χ1) is 21.1. The molecule has 4 rings (SSSR count). The summed E-state index contributed by atoms with van der Waals surface area (Å²) in [5.74, 6) is 2.89. The van der Waals surface area contributed by atoms with Crippen molar-refractivity contribution in [1.29, 1.82) is 0 Å². The fourth-order valence-corrected chi connectivity index (χ4v) is 6.29. The summed E-state index contributed by atoms with van der Waals surface area (Å²) >= 11 is 0. The number of esters is 1. The van der Waals surface area contributed by atoms with E-state index < -0.39 is 0 Å². The highest BCUT2D eigenvalue weighted by Crippen LogP contribution is 2.40. The van der Waals surface area contributed by atoms with Gasteiger partial charge in [0.25, 0.3) is 0 Å². The lowest BCUT2D eigenvalue weighted by atomic mass is 9.85. The molecular weight excluding hydrogens is 544 g/mol. The highest BCUT2D eigenvalue weighted by molar-refractivity contribution is 5.72. The van der Waals surface area contributed by atoms with Crippen molar-refractivity contribution in [3.63, 3.8) is 0 Å². The maximum Gasteiger partial charge on any atom is 0.378 e. The number of nitrogen functional groups attached to an aromatic ring is 1. The summed E-state index contributed by atoms with van der Waals surface area (Å²) < 4.78 is 14.2. The fraction of sp³-hybridized carbons (Fsp3) is 0.487. The minimum absolute atomic E-state index is 0.140. The fourth-order valence-electron chi connectivity index (χ4n) is 6.29. The molecule has 3 atom stereocenters. The summed E-state index contributed by atoms with van der Waals surface area (Å²) in [5.41, 5.74) is 10.7. The van der Waals surface area contributed by atoms with Crippen LogP contribution in [0.15, 0.2) is 60.9 Å². The number of anilines is 1. The van der Waals surface area contributed by atoms with Gasteiger partial charge in [-0.05, 0) is 97.9 Å². The quantitative estimate of drug-likeness (QED) is 0.0821. The first-order valence-electron chi connectivity index (χ1n) is 16.7. The number of hydrogen-bond donors (Lipinski definition) is 1. The first kappa shape index (κ1) is 33.3. The van der Waals surface area contributed by atoms with E-state index in [1.807, 2.05) is 77.6 Å². The third-order valence-corrected chi connectivity index (χ3v) is 9.04. The van der Waals surface area contributed by atoms with E-state index >= 15 is 0 Å². The Morgan fingerprint density at radius 3 is 2.30 bits per heavy atom. The van der Waals surface area contributed by atoms with Crippen LogP contribution in [0.1, 0.15) is 108 Å². The van der Waals surface area contributed by atoms with E-state index in [-0.39, 0.29) is 18.1 Å². The van der Waals surface area contributed by atoms with Gasteiger partial charge >= 0.3 is 5.97 Å². The highest BCUT2D eigenvalue weighted by Gasteiger charge is 2.32. The van der Waals surface area contributed by atoms with Crippen LogP contribution in [0.5, 0.6) is 11.5 Å². The van der Waals surface area contributed by atoms with Gasteiger partial charge in [-0.2, -0.15) is 4.57 Å². The molecule has 0 bridgehead atoms. The number of nitrogens with zero attached hydrogens (tertiary/aromatic N) is 1. The zero-order chi connectivity index (χ0) is 31.5. The van der Waals surface area contributed by atoms with E-state index in [1.165, 1.54) is 44.9 Å². The summed E-state index contributed by atoms with van der Waals surface area (Å²) in [4.78, 5) is 12.8. The minimum Gasteiger partial charge on any atom is -0.487 e. The zero-order valence-electron chi connectivity index (χ0n) is 27.6. The Kier molecular flexibility index (Phi) is 12.1. The van der Waals surface area contributed by atoms with Gasteiger partial charge in [-0.3, -0.25) is 0 Å². The maximum atomic E-state index is 12.8. The Morgan fingerprint density at radius 2 is 1.61 bits per heavy atom. The van der Waals surface area contributed by atoms with Crippen molar-refractivity contribution in [2.24, 2.45) is 11.8 Å². The number of pyridine rings is 1. The predicted octanol–water partition coefficient (Wildman–Crippen LogP) is 9.14. The van der Waals surface area contributed by atoms with Crippen LogP contribution in [0.25, 0.3) is 12.2 Å². The molecule has 0 saturated carbocycles. The van der Waals surface area contributed by atoms with Gasteiger partial charge in [-0.1, -0.05) is 83.6 Å². The van der Waals surface area contributed by atoms with E-state index in [1.54, 1.807) is 0 Å². The SMILES string of the molecule is CCCC(C)CCCC(C)CCCC1(C)CCc2cc(OC(=O)C[n+]3ccc(/C=C/c4ccc(N)cc4)cc3)cc(C)c2O1. The van der Waals surface area contributed by atoms with Crippen LogP contribution >= 0.6 is 0 Å². The standard InChI is InChI=1S/C39H52N2O3/c1-6-9-29(2)10-7-11-30(3)12-8-22-39(5)23-19-34-27-36(26-31(4)38(34)44-39)43-37(42)28-41-24-20-33(21-25-41)14-13-32-15-17-35(40)18-16-32/h13-18,20-21,24-27,29-30,40H,6-12,19,22-23,28H2,1-5H3/p+1. The lowest BCUT2D eigenvalue weighted by molar-refractivity contribution is -0.685. The summed E-state index contributed by atoms with van der Waals surface area (Å²) in [6.45, 7) is 11.5. The lowest BCUT2D eigenvalue weighted by Gasteiger charge is -2.37. The van der Waals surface area contributed by atoms with Crippen LogP contribution < -0.4 is 19.8 Å². The van der Waals surface area contributed by atoms with Gasteiger partial charge in [0.1, 0.15) is 17.1 Å². The van der Waals surface area contributed by atoms with E-state index in [4.69, 9.17) is 15.2 Å². The topological polar surface area (TPSA) is 65.4 Å². The molecule has 0 fully saturated rings. The molecule has 2 heterocycles. The number of carbonyl (C=O) groups is 1. The average molecular weight is 598 g/mol. The monoisotopic (exact) mass is 597 g/mol. The highest BCUT2D eigenvalue weighted by atomic mass is 16.5. The molecule has 1 aliphatic heterocycles. The van der Waals surface area contributed by atoms with Gasteiger partial charge in [0, 0.05) is 17.8 Å². The number of rotatable bonds is 15. The van der Waals surface area contributed by atoms with Gasteiger partial charge in [-0.15, -0.1) is 0 Å². The van der Waals surface area contributed by atoms with Crippen molar-refractivity contribution >= 4 is 23.8 Å². The molecule has 2 aromatic carbocycles. The van der Waals surface area contributed by atoms with Gasteiger partial charge in [0.2, 0.25) is 6.54 Å². The number of ether oxygens (including phenoxy) is 2. The van der Waals surface area contributed by atoms with Crippen molar-refractivity contribution in [3.8, 4) is 11.5 Å². The maximum absolute atomic E-state index is 12.8. The van der Waals surface area contributed by atoms with Crippen molar-refractivity contribution in [1.82, 2.24) is 0 Å². The van der Waals surface area contributed by atoms with Gasteiger partial charge < -0.3 is 15.2 Å². The normalized spacial score (nSPS) is 17.6. The molecule has 0 aliphatic carbocycles. The minimum atomic E-state index is -0.296. The predicted molar refractivity (Wildman–Crippen MR) is 182 cm³/mol. The molecule has 1 aliphatic rings. The lowest BCUT2D eigenvalue weighted by Crippen LogP contribution is -2.39. The van der Waals surface area contributed by atoms with E-state index in [9.17, 15) is 4.79 Å². The van der Waals surface area contributed by atoms with E-state index in [2.05, 4.69) is 34.6 Å². The van der Waals surface area contributed by atoms with Gasteiger partial charge in [-0.25, -0.2) is 4.79 Å². The Hall–Kier alpha value is -3.60. The molecule has 5 heteroatoms. The van der Waals surface area contributed by atoms with Crippen LogP contribution in [0.2, 0.25) is 0 Å². The molecule has 1 aromatic heterocycles. The second kappa shape index (κ2) is 15.9. The molecular formula is C39H53N2O3+. The Morgan fingerprint density at radius 1 is 0.977 bits per heavy atom. The Labute approximate surface area is 265 Å². The summed E-state index contributed by atoms with van der Waals surface area (Å²) in [6.07, 6.45) is 20.0. The Bertz CT molecular complexity index is 1380. The number of aromatic nitrogens is 1. The third-order valence-electron chi connectivity index (χ3n) is 9.04. The first-order valence-corrected chi connectivity index (χ1v) is 16.7. The number of nitrogens with two attached hydrogens (primary N) is 1. The van der Waals surface area contributed by atoms with Crippen molar-refractivity contribution in [2.75, 3.05) is 5.73 Å². The number of fused-ring (bicyclic) bond motifs is 1. The molecule has 44 heavy (non-hydrogen) atoms. The number of hydrogen-bond acceptors (Lipinski definition) is 4. The van der Waals surface area contributed by atoms with E-state index in [0.29, 0.717) is 5.75 Å². The van der Waals surface area contributed by atoms with Crippen LogP contribution in [0.4, 0.5) is 5.69 Å². The number of carbonyl (C=O) groups excluding carboxylic acids is 1. The van der Waals surface area contributed by atoms with Gasteiger partial charge in [0.05, 0.1) is 0 Å². The second-order valence-electron chi connectivity index (χ2n) is 13.4. The van der Waals surface area contributed by atoms with Crippen LogP contribution in [0, 0.1) is 18.8 Å². The van der Waals surface area contributed by atoms with Crippen LogP contribution in [-0.4, -0.2) is 11.6 Å². The molecule has 5 nitrogen and oxygen atoms in total. The Balaban J connectivity index is 1.24.